The summed E-state index contributed by atoms with van der Waals surface area (Å²) in [5.74, 6) is 0.674. The molecule has 2 aromatic heterocycles. The Kier molecular flexibility index (Phi) is 6.99. The van der Waals surface area contributed by atoms with E-state index in [9.17, 15) is 4.79 Å². The van der Waals surface area contributed by atoms with E-state index < -0.39 is 0 Å². The molecule has 0 unspecified atom stereocenters. The highest BCUT2D eigenvalue weighted by molar-refractivity contribution is 5.92. The molecule has 0 fully saturated rings. The largest absolute Gasteiger partial charge is 0.477 e. The Bertz CT molecular complexity index is 760. The van der Waals surface area contributed by atoms with Gasteiger partial charge in [0.2, 0.25) is 5.88 Å². The summed E-state index contributed by atoms with van der Waals surface area (Å²) in [6.45, 7) is 13.6. The Hall–Kier alpha value is -2.37. The zero-order chi connectivity index (χ0) is 20.0. The number of nitrogens with one attached hydrogen (secondary N) is 1. The van der Waals surface area contributed by atoms with Crippen molar-refractivity contribution < 1.29 is 9.53 Å². The van der Waals surface area contributed by atoms with Crippen molar-refractivity contribution >= 4 is 5.91 Å². The molecule has 2 heterocycles. The Labute approximate surface area is 162 Å². The van der Waals surface area contributed by atoms with Crippen LogP contribution in [-0.4, -0.2) is 27.3 Å². The van der Waals surface area contributed by atoms with Crippen molar-refractivity contribution in [2.75, 3.05) is 6.61 Å². The summed E-state index contributed by atoms with van der Waals surface area (Å²) in [6.07, 6.45) is 3.74. The quantitative estimate of drug-likeness (QED) is 0.703. The van der Waals surface area contributed by atoms with Crippen molar-refractivity contribution in [1.82, 2.24) is 20.1 Å². The molecule has 0 aliphatic heterocycles. The van der Waals surface area contributed by atoms with E-state index in [1.165, 1.54) is 0 Å². The molecule has 0 radical (unpaired) electrons. The molecular weight excluding hydrogens is 340 g/mol. The van der Waals surface area contributed by atoms with E-state index in [-0.39, 0.29) is 17.4 Å². The summed E-state index contributed by atoms with van der Waals surface area (Å²) in [4.78, 5) is 16.9. The summed E-state index contributed by atoms with van der Waals surface area (Å²) in [7, 11) is 0. The van der Waals surface area contributed by atoms with Crippen LogP contribution in [0.3, 0.4) is 0 Å². The van der Waals surface area contributed by atoms with Crippen LogP contribution in [0.1, 0.15) is 82.0 Å². The average molecular weight is 373 g/mol. The number of nitrogens with zero attached hydrogens (tertiary/aromatic N) is 3. The minimum Gasteiger partial charge on any atom is -0.477 e. The Morgan fingerprint density at radius 1 is 1.33 bits per heavy atom. The van der Waals surface area contributed by atoms with Crippen LogP contribution in [0.2, 0.25) is 0 Å². The van der Waals surface area contributed by atoms with E-state index in [4.69, 9.17) is 4.74 Å². The maximum absolute atomic E-state index is 12.7. The van der Waals surface area contributed by atoms with Gasteiger partial charge < -0.3 is 10.1 Å². The number of hydrogen-bond donors (Lipinski definition) is 1. The molecule has 0 saturated carbocycles. The summed E-state index contributed by atoms with van der Waals surface area (Å²) in [6, 6.07) is 5.65. The number of unbranched alkanes of at least 4 members (excludes halogenated alkanes) is 1. The maximum Gasteiger partial charge on any atom is 0.272 e. The third-order valence-corrected chi connectivity index (χ3v) is 4.22. The summed E-state index contributed by atoms with van der Waals surface area (Å²) in [5.41, 5.74) is 2.17. The predicted octanol–water partition coefficient (Wildman–Crippen LogP) is 4.27. The van der Waals surface area contributed by atoms with E-state index in [2.05, 4.69) is 56.9 Å². The molecule has 0 atom stereocenters. The number of hydrogen-bond acceptors (Lipinski definition) is 4. The first-order chi connectivity index (χ1) is 12.7. The van der Waals surface area contributed by atoms with Gasteiger partial charge in [0, 0.05) is 24.0 Å². The van der Waals surface area contributed by atoms with Crippen LogP contribution in [0.15, 0.2) is 24.4 Å². The van der Waals surface area contributed by atoms with Crippen LogP contribution in [0.5, 0.6) is 5.88 Å². The number of carbonyl (C=O) groups excluding carboxylic acids is 1. The Morgan fingerprint density at radius 2 is 2.07 bits per heavy atom. The number of aromatic nitrogens is 3. The molecule has 1 N–H and O–H groups in total. The molecule has 6 nitrogen and oxygen atoms in total. The lowest BCUT2D eigenvalue weighted by atomic mass is 10.1. The van der Waals surface area contributed by atoms with Crippen molar-refractivity contribution in [3.05, 3.63) is 41.3 Å². The van der Waals surface area contributed by atoms with Crippen LogP contribution < -0.4 is 10.1 Å². The number of rotatable bonds is 8. The summed E-state index contributed by atoms with van der Waals surface area (Å²) in [5, 5.41) is 7.50. The minimum absolute atomic E-state index is 0.179. The van der Waals surface area contributed by atoms with E-state index in [1.807, 2.05) is 22.9 Å². The van der Waals surface area contributed by atoms with Gasteiger partial charge in [0.25, 0.3) is 5.91 Å². The molecule has 1 amide bonds. The van der Waals surface area contributed by atoms with Gasteiger partial charge in [0.1, 0.15) is 5.69 Å². The normalized spacial score (nSPS) is 11.7. The third kappa shape index (κ3) is 5.55. The molecule has 0 aliphatic rings. The standard InChI is InChI=1S/C21H32N4O2/c1-7-8-12-27-20-16(10-9-11-22-20)14-23-19(26)17-13-18(15(2)3)25(24-17)21(4,5)6/h9-11,13,15H,7-8,12,14H2,1-6H3,(H,23,26). The van der Waals surface area contributed by atoms with Gasteiger partial charge in [-0.1, -0.05) is 33.3 Å². The van der Waals surface area contributed by atoms with Gasteiger partial charge in [0.15, 0.2) is 0 Å². The molecule has 148 valence electrons. The second-order valence-electron chi connectivity index (χ2n) is 8.04. The lowest BCUT2D eigenvalue weighted by Gasteiger charge is -2.23. The van der Waals surface area contributed by atoms with Crippen molar-refractivity contribution in [2.24, 2.45) is 0 Å². The lowest BCUT2D eigenvalue weighted by Crippen LogP contribution is -2.27. The van der Waals surface area contributed by atoms with Gasteiger partial charge in [0.05, 0.1) is 12.1 Å². The highest BCUT2D eigenvalue weighted by Crippen LogP contribution is 2.23. The first-order valence-corrected chi connectivity index (χ1v) is 9.69. The molecule has 27 heavy (non-hydrogen) atoms. The molecule has 0 spiro atoms. The zero-order valence-corrected chi connectivity index (χ0v) is 17.4. The topological polar surface area (TPSA) is 69.0 Å². The third-order valence-electron chi connectivity index (χ3n) is 4.22. The average Bonchev–Trinajstić information content (AvgIpc) is 3.07. The summed E-state index contributed by atoms with van der Waals surface area (Å²) < 4.78 is 7.67. The van der Waals surface area contributed by atoms with Crippen LogP contribution in [0.25, 0.3) is 0 Å². The molecule has 0 aliphatic carbocycles. The Morgan fingerprint density at radius 3 is 2.67 bits per heavy atom. The SMILES string of the molecule is CCCCOc1ncccc1CNC(=O)c1cc(C(C)C)n(C(C)(C)C)n1. The van der Waals surface area contributed by atoms with Crippen molar-refractivity contribution in [3.63, 3.8) is 0 Å². The Balaban J connectivity index is 2.11. The number of carbonyl (C=O) groups is 1. The first-order valence-electron chi connectivity index (χ1n) is 9.69. The highest BCUT2D eigenvalue weighted by Gasteiger charge is 2.23. The second-order valence-corrected chi connectivity index (χ2v) is 8.04. The van der Waals surface area contributed by atoms with Gasteiger partial charge in [-0.15, -0.1) is 0 Å². The van der Waals surface area contributed by atoms with Gasteiger partial charge in [-0.3, -0.25) is 9.48 Å². The maximum atomic E-state index is 12.7. The number of amides is 1. The van der Waals surface area contributed by atoms with E-state index in [0.717, 1.165) is 24.1 Å². The second kappa shape index (κ2) is 9.02. The molecular formula is C21H32N4O2. The number of pyridine rings is 1. The molecule has 6 heteroatoms. The van der Waals surface area contributed by atoms with Crippen LogP contribution in [0, 0.1) is 0 Å². The minimum atomic E-state index is -0.191. The van der Waals surface area contributed by atoms with Gasteiger partial charge in [-0.2, -0.15) is 5.10 Å². The van der Waals surface area contributed by atoms with Crippen molar-refractivity contribution in [2.45, 2.75) is 72.4 Å². The van der Waals surface area contributed by atoms with Crippen LogP contribution in [0.4, 0.5) is 0 Å². The van der Waals surface area contributed by atoms with Crippen LogP contribution >= 0.6 is 0 Å². The first kappa shape index (κ1) is 20.9. The molecule has 2 rings (SSSR count). The molecule has 2 aromatic rings. The fourth-order valence-corrected chi connectivity index (χ4v) is 2.72. The zero-order valence-electron chi connectivity index (χ0n) is 17.4. The molecule has 0 aromatic carbocycles. The predicted molar refractivity (Wildman–Crippen MR) is 107 cm³/mol. The lowest BCUT2D eigenvalue weighted by molar-refractivity contribution is 0.0944. The monoisotopic (exact) mass is 372 g/mol. The van der Waals surface area contributed by atoms with Crippen molar-refractivity contribution in [1.29, 1.82) is 0 Å². The van der Waals surface area contributed by atoms with Gasteiger partial charge >= 0.3 is 0 Å². The van der Waals surface area contributed by atoms with Gasteiger partial charge in [-0.05, 0) is 45.2 Å². The van der Waals surface area contributed by atoms with E-state index in [0.29, 0.717) is 24.7 Å². The molecule has 0 saturated heterocycles. The van der Waals surface area contributed by atoms with Crippen LogP contribution in [-0.2, 0) is 12.1 Å². The highest BCUT2D eigenvalue weighted by atomic mass is 16.5. The number of ether oxygens (including phenoxy) is 1. The van der Waals surface area contributed by atoms with Crippen molar-refractivity contribution in [3.8, 4) is 5.88 Å². The smallest absolute Gasteiger partial charge is 0.272 e. The van der Waals surface area contributed by atoms with E-state index >= 15 is 0 Å². The molecule has 0 bridgehead atoms. The fraction of sp³-hybridized carbons (Fsp3) is 0.571. The fourth-order valence-electron chi connectivity index (χ4n) is 2.72. The summed E-state index contributed by atoms with van der Waals surface area (Å²) >= 11 is 0. The van der Waals surface area contributed by atoms with Gasteiger partial charge in [-0.25, -0.2) is 4.98 Å². The van der Waals surface area contributed by atoms with E-state index in [1.54, 1.807) is 6.20 Å².